The van der Waals surface area contributed by atoms with E-state index in [4.69, 9.17) is 11.6 Å². The minimum Gasteiger partial charge on any atom is -0.348 e. The van der Waals surface area contributed by atoms with Crippen molar-refractivity contribution in [1.29, 1.82) is 0 Å². The standard InChI is InChI=1S/C18H20BrClN2O/c1-13(15-5-7-16(19)8-6-15)21-18(23)12-22(2)11-14-3-9-17(20)10-4-14/h3-10,13H,11-12H2,1-2H3,(H,21,23)/t13-/m0/s1. The quantitative estimate of drug-likeness (QED) is 0.785. The van der Waals surface area contributed by atoms with Crippen LogP contribution in [0.3, 0.4) is 0 Å². The van der Waals surface area contributed by atoms with Crippen LogP contribution < -0.4 is 5.32 Å². The predicted molar refractivity (Wildman–Crippen MR) is 98.5 cm³/mol. The highest BCUT2D eigenvalue weighted by Gasteiger charge is 2.12. The van der Waals surface area contributed by atoms with Gasteiger partial charge in [0.15, 0.2) is 0 Å². The van der Waals surface area contributed by atoms with Gasteiger partial charge in [-0.25, -0.2) is 0 Å². The molecule has 0 bridgehead atoms. The first-order valence-electron chi connectivity index (χ1n) is 7.42. The molecule has 2 rings (SSSR count). The van der Waals surface area contributed by atoms with Gasteiger partial charge in [-0.05, 0) is 49.4 Å². The summed E-state index contributed by atoms with van der Waals surface area (Å²) in [5.41, 5.74) is 2.22. The number of carbonyl (C=O) groups excluding carboxylic acids is 1. The Morgan fingerprint density at radius 3 is 2.39 bits per heavy atom. The molecule has 0 aromatic heterocycles. The van der Waals surface area contributed by atoms with Crippen molar-refractivity contribution in [2.24, 2.45) is 0 Å². The SMILES string of the molecule is C[C@H](NC(=O)CN(C)Cc1ccc(Cl)cc1)c1ccc(Br)cc1. The Morgan fingerprint density at radius 1 is 1.17 bits per heavy atom. The normalized spacial score (nSPS) is 12.2. The van der Waals surface area contributed by atoms with Gasteiger partial charge in [-0.1, -0.05) is 51.8 Å². The molecule has 1 N–H and O–H groups in total. The molecule has 0 radical (unpaired) electrons. The van der Waals surface area contributed by atoms with E-state index in [1.54, 1.807) is 0 Å². The van der Waals surface area contributed by atoms with Gasteiger partial charge in [0.05, 0.1) is 12.6 Å². The van der Waals surface area contributed by atoms with Crippen LogP contribution in [0.1, 0.15) is 24.1 Å². The maximum Gasteiger partial charge on any atom is 0.234 e. The number of halogens is 2. The van der Waals surface area contributed by atoms with E-state index in [2.05, 4.69) is 21.2 Å². The number of rotatable bonds is 6. The first-order chi connectivity index (χ1) is 10.9. The van der Waals surface area contributed by atoms with Crippen molar-refractivity contribution in [2.45, 2.75) is 19.5 Å². The average molecular weight is 396 g/mol. The number of hydrogen-bond donors (Lipinski definition) is 1. The van der Waals surface area contributed by atoms with Crippen molar-refractivity contribution in [2.75, 3.05) is 13.6 Å². The lowest BCUT2D eigenvalue weighted by Gasteiger charge is -2.19. The number of nitrogens with zero attached hydrogens (tertiary/aromatic N) is 1. The second kappa shape index (κ2) is 8.48. The van der Waals surface area contributed by atoms with E-state index in [0.29, 0.717) is 13.1 Å². The Labute approximate surface area is 150 Å². The van der Waals surface area contributed by atoms with Gasteiger partial charge >= 0.3 is 0 Å². The third-order valence-corrected chi connectivity index (χ3v) is 4.31. The smallest absolute Gasteiger partial charge is 0.234 e. The van der Waals surface area contributed by atoms with Crippen LogP contribution >= 0.6 is 27.5 Å². The van der Waals surface area contributed by atoms with E-state index < -0.39 is 0 Å². The lowest BCUT2D eigenvalue weighted by Crippen LogP contribution is -2.36. The van der Waals surface area contributed by atoms with Crippen molar-refractivity contribution in [3.63, 3.8) is 0 Å². The van der Waals surface area contributed by atoms with E-state index in [9.17, 15) is 4.79 Å². The third kappa shape index (κ3) is 5.98. The average Bonchev–Trinajstić information content (AvgIpc) is 2.50. The zero-order valence-corrected chi connectivity index (χ0v) is 15.6. The number of nitrogens with one attached hydrogen (secondary N) is 1. The molecule has 2 aromatic rings. The molecule has 1 amide bonds. The van der Waals surface area contributed by atoms with E-state index >= 15 is 0 Å². The molecule has 0 heterocycles. The van der Waals surface area contributed by atoms with Crippen molar-refractivity contribution in [3.8, 4) is 0 Å². The largest absolute Gasteiger partial charge is 0.348 e. The van der Waals surface area contributed by atoms with E-state index in [1.165, 1.54) is 0 Å². The van der Waals surface area contributed by atoms with Gasteiger partial charge in [0.2, 0.25) is 5.91 Å². The fraction of sp³-hybridized carbons (Fsp3) is 0.278. The zero-order chi connectivity index (χ0) is 16.8. The molecule has 0 unspecified atom stereocenters. The third-order valence-electron chi connectivity index (χ3n) is 3.53. The molecule has 3 nitrogen and oxygen atoms in total. The summed E-state index contributed by atoms with van der Waals surface area (Å²) in [5.74, 6) is 0.0110. The summed E-state index contributed by atoms with van der Waals surface area (Å²) in [6.07, 6.45) is 0. The number of carbonyl (C=O) groups is 1. The molecule has 0 saturated heterocycles. The number of likely N-dealkylation sites (N-methyl/N-ethyl adjacent to an activating group) is 1. The maximum absolute atomic E-state index is 12.2. The van der Waals surface area contributed by atoms with Crippen LogP contribution in [-0.4, -0.2) is 24.4 Å². The number of amides is 1. The summed E-state index contributed by atoms with van der Waals surface area (Å²) >= 11 is 9.29. The fourth-order valence-electron chi connectivity index (χ4n) is 2.32. The molecule has 0 aliphatic heterocycles. The number of benzene rings is 2. The molecular weight excluding hydrogens is 376 g/mol. The lowest BCUT2D eigenvalue weighted by atomic mass is 10.1. The van der Waals surface area contributed by atoms with Crippen LogP contribution in [0.25, 0.3) is 0 Å². The van der Waals surface area contributed by atoms with Crippen LogP contribution in [-0.2, 0) is 11.3 Å². The van der Waals surface area contributed by atoms with Gasteiger partial charge in [-0.3, -0.25) is 9.69 Å². The van der Waals surface area contributed by atoms with Gasteiger partial charge in [0.25, 0.3) is 0 Å². The van der Waals surface area contributed by atoms with Gasteiger partial charge in [0.1, 0.15) is 0 Å². The van der Waals surface area contributed by atoms with E-state index in [-0.39, 0.29) is 11.9 Å². The van der Waals surface area contributed by atoms with Crippen LogP contribution in [0.5, 0.6) is 0 Å². The molecule has 0 spiro atoms. The Balaban J connectivity index is 1.83. The van der Waals surface area contributed by atoms with Crippen LogP contribution in [0.15, 0.2) is 53.0 Å². The van der Waals surface area contributed by atoms with Crippen molar-refractivity contribution >= 4 is 33.4 Å². The highest BCUT2D eigenvalue weighted by atomic mass is 79.9. The van der Waals surface area contributed by atoms with Gasteiger partial charge in [-0.2, -0.15) is 0 Å². The monoisotopic (exact) mass is 394 g/mol. The van der Waals surface area contributed by atoms with Crippen molar-refractivity contribution in [3.05, 3.63) is 69.2 Å². The van der Waals surface area contributed by atoms with Crippen LogP contribution in [0, 0.1) is 0 Å². The second-order valence-corrected chi connectivity index (χ2v) is 6.99. The summed E-state index contributed by atoms with van der Waals surface area (Å²) in [4.78, 5) is 14.1. The minimum atomic E-state index is -0.0143. The van der Waals surface area contributed by atoms with Gasteiger partial charge in [0, 0.05) is 16.0 Å². The highest BCUT2D eigenvalue weighted by molar-refractivity contribution is 9.10. The van der Waals surface area contributed by atoms with Gasteiger partial charge < -0.3 is 5.32 Å². The maximum atomic E-state index is 12.2. The first-order valence-corrected chi connectivity index (χ1v) is 8.59. The molecule has 0 aliphatic rings. The lowest BCUT2D eigenvalue weighted by molar-refractivity contribution is -0.122. The molecular formula is C18H20BrClN2O. The topological polar surface area (TPSA) is 32.3 Å². The molecule has 0 aliphatic carbocycles. The Morgan fingerprint density at radius 2 is 1.78 bits per heavy atom. The highest BCUT2D eigenvalue weighted by Crippen LogP contribution is 2.16. The second-order valence-electron chi connectivity index (χ2n) is 5.64. The number of hydrogen-bond acceptors (Lipinski definition) is 2. The molecule has 0 fully saturated rings. The zero-order valence-electron chi connectivity index (χ0n) is 13.2. The predicted octanol–water partition coefficient (Wildman–Crippen LogP) is 4.41. The summed E-state index contributed by atoms with van der Waals surface area (Å²) < 4.78 is 1.03. The van der Waals surface area contributed by atoms with Crippen LogP contribution in [0.2, 0.25) is 5.02 Å². The molecule has 23 heavy (non-hydrogen) atoms. The summed E-state index contributed by atoms with van der Waals surface area (Å²) in [7, 11) is 1.93. The van der Waals surface area contributed by atoms with Gasteiger partial charge in [-0.15, -0.1) is 0 Å². The van der Waals surface area contributed by atoms with Crippen molar-refractivity contribution in [1.82, 2.24) is 10.2 Å². The van der Waals surface area contributed by atoms with Crippen molar-refractivity contribution < 1.29 is 4.79 Å². The van der Waals surface area contributed by atoms with E-state index in [0.717, 1.165) is 20.6 Å². The molecule has 0 saturated carbocycles. The molecule has 122 valence electrons. The molecule has 5 heteroatoms. The summed E-state index contributed by atoms with van der Waals surface area (Å²) in [6, 6.07) is 15.6. The Hall–Kier alpha value is -1.36. The fourth-order valence-corrected chi connectivity index (χ4v) is 2.71. The molecule has 1 atom stereocenters. The molecule has 2 aromatic carbocycles. The first kappa shape index (κ1) is 18.0. The van der Waals surface area contributed by atoms with Crippen LogP contribution in [0.4, 0.5) is 0 Å². The summed E-state index contributed by atoms with van der Waals surface area (Å²) in [6.45, 7) is 3.04. The Kier molecular flexibility index (Phi) is 6.63. The van der Waals surface area contributed by atoms with E-state index in [1.807, 2.05) is 67.4 Å². The minimum absolute atomic E-state index is 0.0110. The Bertz CT molecular complexity index is 643. The summed E-state index contributed by atoms with van der Waals surface area (Å²) in [5, 5.41) is 3.74.